The van der Waals surface area contributed by atoms with Gasteiger partial charge in [-0.2, -0.15) is 0 Å². The lowest BCUT2D eigenvalue weighted by Gasteiger charge is -1.97. The molecule has 0 heterocycles. The third-order valence-electron chi connectivity index (χ3n) is 2.27. The number of halogens is 1. The van der Waals surface area contributed by atoms with Gasteiger partial charge in [-0.15, -0.1) is 0 Å². The zero-order valence-corrected chi connectivity index (χ0v) is 9.39. The Balaban J connectivity index is 2.45. The Kier molecular flexibility index (Phi) is 4.86. The molecule has 0 aromatic heterocycles. The van der Waals surface area contributed by atoms with Crippen LogP contribution in [0.15, 0.2) is 41.9 Å². The smallest absolute Gasteiger partial charge is 0.141 e. The first-order valence-corrected chi connectivity index (χ1v) is 5.37. The highest BCUT2D eigenvalue weighted by Gasteiger charge is 1.90. The molecular formula is C14H17F. The van der Waals surface area contributed by atoms with Crippen molar-refractivity contribution < 1.29 is 4.39 Å². The predicted molar refractivity (Wildman–Crippen MR) is 62.5 cm³/mol. The first-order valence-electron chi connectivity index (χ1n) is 5.37. The van der Waals surface area contributed by atoms with Crippen LogP contribution in [-0.4, -0.2) is 0 Å². The number of hydrogen-bond acceptors (Lipinski definition) is 0. The van der Waals surface area contributed by atoms with Gasteiger partial charge in [0.1, 0.15) is 5.83 Å². The van der Waals surface area contributed by atoms with Crippen LogP contribution in [-0.2, 0) is 6.42 Å². The second-order valence-corrected chi connectivity index (χ2v) is 3.63. The van der Waals surface area contributed by atoms with Crippen molar-refractivity contribution in [3.05, 3.63) is 53.0 Å². The van der Waals surface area contributed by atoms with Gasteiger partial charge in [-0.1, -0.05) is 42.5 Å². The lowest BCUT2D eigenvalue weighted by Crippen LogP contribution is -1.82. The lowest BCUT2D eigenvalue weighted by molar-refractivity contribution is 0.606. The van der Waals surface area contributed by atoms with Crippen molar-refractivity contribution in [1.82, 2.24) is 0 Å². The van der Waals surface area contributed by atoms with Crippen LogP contribution >= 0.6 is 0 Å². The van der Waals surface area contributed by atoms with Gasteiger partial charge in [-0.25, -0.2) is 4.39 Å². The van der Waals surface area contributed by atoms with Crippen molar-refractivity contribution in [2.24, 2.45) is 0 Å². The summed E-state index contributed by atoms with van der Waals surface area (Å²) >= 11 is 0. The minimum atomic E-state index is -0.168. The molecule has 0 N–H and O–H groups in total. The maximum Gasteiger partial charge on any atom is 0.141 e. The summed E-state index contributed by atoms with van der Waals surface area (Å²) in [6, 6.07) is 8.43. The summed E-state index contributed by atoms with van der Waals surface area (Å²) in [6.07, 6.45) is 4.00. The molecule has 0 bridgehead atoms. The molecule has 1 rings (SSSR count). The van der Waals surface area contributed by atoms with Gasteiger partial charge in [0.05, 0.1) is 0 Å². The van der Waals surface area contributed by atoms with Crippen molar-refractivity contribution in [2.75, 3.05) is 0 Å². The number of rotatable bonds is 4. The summed E-state index contributed by atoms with van der Waals surface area (Å²) < 4.78 is 12.7. The summed E-state index contributed by atoms with van der Waals surface area (Å²) in [4.78, 5) is 0. The molecule has 0 aliphatic carbocycles. The first-order chi connectivity index (χ1) is 7.22. The zero-order chi connectivity index (χ0) is 11.1. The molecular weight excluding hydrogens is 187 g/mol. The third-order valence-corrected chi connectivity index (χ3v) is 2.27. The Morgan fingerprint density at radius 1 is 1.33 bits per heavy atom. The average Bonchev–Trinajstić information content (AvgIpc) is 2.26. The van der Waals surface area contributed by atoms with E-state index in [1.165, 1.54) is 11.1 Å². The van der Waals surface area contributed by atoms with Gasteiger partial charge in [-0.3, -0.25) is 0 Å². The minimum Gasteiger partial charge on any atom is -0.203 e. The first kappa shape index (κ1) is 11.7. The van der Waals surface area contributed by atoms with Crippen LogP contribution < -0.4 is 0 Å². The van der Waals surface area contributed by atoms with Gasteiger partial charge in [0.25, 0.3) is 0 Å². The van der Waals surface area contributed by atoms with Crippen molar-refractivity contribution in [1.29, 1.82) is 0 Å². The molecule has 1 aromatic carbocycles. The molecule has 0 saturated carbocycles. The molecule has 0 radical (unpaired) electrons. The molecule has 1 heteroatoms. The summed E-state index contributed by atoms with van der Waals surface area (Å²) in [5, 5.41) is 0. The van der Waals surface area contributed by atoms with Crippen molar-refractivity contribution in [2.45, 2.75) is 33.1 Å². The Labute approximate surface area is 91.1 Å². The van der Waals surface area contributed by atoms with Gasteiger partial charge in [0, 0.05) is 6.42 Å². The summed E-state index contributed by atoms with van der Waals surface area (Å²) in [5.74, 6) is -0.168. The van der Waals surface area contributed by atoms with E-state index in [4.69, 9.17) is 0 Å². The fraction of sp³-hybridized carbons (Fsp3) is 0.357. The van der Waals surface area contributed by atoms with Gasteiger partial charge >= 0.3 is 0 Å². The second-order valence-electron chi connectivity index (χ2n) is 3.63. The summed E-state index contributed by atoms with van der Waals surface area (Å²) in [7, 11) is 0. The minimum absolute atomic E-state index is 0.168. The van der Waals surface area contributed by atoms with Crippen LogP contribution in [0.4, 0.5) is 4.39 Å². The van der Waals surface area contributed by atoms with Crippen LogP contribution in [0.1, 0.15) is 30.9 Å². The molecule has 0 nitrogen and oxygen atoms in total. The molecule has 0 unspecified atom stereocenters. The van der Waals surface area contributed by atoms with Crippen molar-refractivity contribution in [3.63, 3.8) is 0 Å². The van der Waals surface area contributed by atoms with Crippen LogP contribution in [0.5, 0.6) is 0 Å². The standard InChI is InChI=1S/C14H17F/c1-3-14(15)7-5-4-6-13-10-8-12(2)9-11-13/h5,8-11H,3-4,6H2,1-2H3. The van der Waals surface area contributed by atoms with E-state index in [0.29, 0.717) is 6.42 Å². The van der Waals surface area contributed by atoms with E-state index in [-0.39, 0.29) is 5.83 Å². The second kappa shape index (κ2) is 6.21. The van der Waals surface area contributed by atoms with Crippen LogP contribution in [0.3, 0.4) is 0 Å². The molecule has 15 heavy (non-hydrogen) atoms. The Morgan fingerprint density at radius 3 is 2.60 bits per heavy atom. The number of benzene rings is 1. The molecule has 0 atom stereocenters. The third kappa shape index (κ3) is 4.62. The van der Waals surface area contributed by atoms with Crippen LogP contribution in [0, 0.1) is 6.92 Å². The quantitative estimate of drug-likeness (QED) is 0.640. The van der Waals surface area contributed by atoms with Gasteiger partial charge < -0.3 is 0 Å². The molecule has 80 valence electrons. The number of hydrogen-bond donors (Lipinski definition) is 0. The summed E-state index contributed by atoms with van der Waals surface area (Å²) in [5.41, 5.74) is 5.20. The highest BCUT2D eigenvalue weighted by atomic mass is 19.1. The fourth-order valence-corrected chi connectivity index (χ4v) is 1.28. The topological polar surface area (TPSA) is 0 Å². The molecule has 0 aliphatic rings. The number of aryl methyl sites for hydroxylation is 2. The Bertz CT molecular complexity index is 353. The van der Waals surface area contributed by atoms with E-state index in [0.717, 1.165) is 12.8 Å². The van der Waals surface area contributed by atoms with Crippen LogP contribution in [0.2, 0.25) is 0 Å². The zero-order valence-electron chi connectivity index (χ0n) is 9.39. The molecule has 0 aliphatic heterocycles. The maximum absolute atomic E-state index is 12.7. The van der Waals surface area contributed by atoms with Gasteiger partial charge in [-0.05, 0) is 31.4 Å². The predicted octanol–water partition coefficient (Wildman–Crippen LogP) is 4.35. The monoisotopic (exact) mass is 204 g/mol. The number of allylic oxidation sites excluding steroid dienone is 1. The normalized spacial score (nSPS) is 9.53. The highest BCUT2D eigenvalue weighted by Crippen LogP contribution is 2.06. The van der Waals surface area contributed by atoms with E-state index >= 15 is 0 Å². The van der Waals surface area contributed by atoms with E-state index in [1.807, 2.05) is 0 Å². The van der Waals surface area contributed by atoms with Gasteiger partial charge in [0.15, 0.2) is 0 Å². The molecule has 0 spiro atoms. The van der Waals surface area contributed by atoms with E-state index in [1.54, 1.807) is 13.0 Å². The van der Waals surface area contributed by atoms with E-state index in [2.05, 4.69) is 36.9 Å². The maximum atomic E-state index is 12.7. The van der Waals surface area contributed by atoms with E-state index in [9.17, 15) is 4.39 Å². The Morgan fingerprint density at radius 2 is 2.00 bits per heavy atom. The lowest BCUT2D eigenvalue weighted by atomic mass is 10.1. The van der Waals surface area contributed by atoms with Crippen LogP contribution in [0.25, 0.3) is 0 Å². The van der Waals surface area contributed by atoms with Crippen molar-refractivity contribution in [3.8, 4) is 0 Å². The van der Waals surface area contributed by atoms with Crippen molar-refractivity contribution >= 4 is 0 Å². The van der Waals surface area contributed by atoms with E-state index < -0.39 is 0 Å². The average molecular weight is 204 g/mol. The Hall–Kier alpha value is -1.33. The fourth-order valence-electron chi connectivity index (χ4n) is 1.28. The SMILES string of the molecule is CCC(F)=C=CCCc1ccc(C)cc1. The molecule has 0 fully saturated rings. The largest absolute Gasteiger partial charge is 0.203 e. The summed E-state index contributed by atoms with van der Waals surface area (Å²) in [6.45, 7) is 3.86. The van der Waals surface area contributed by atoms with Gasteiger partial charge in [0.2, 0.25) is 0 Å². The molecule has 0 amide bonds. The highest BCUT2D eigenvalue weighted by molar-refractivity contribution is 5.21. The molecule has 0 saturated heterocycles. The molecule has 1 aromatic rings.